The zero-order valence-corrected chi connectivity index (χ0v) is 17.3. The van der Waals surface area contributed by atoms with Crippen molar-refractivity contribution in [3.63, 3.8) is 0 Å². The van der Waals surface area contributed by atoms with Crippen LogP contribution in [0.15, 0.2) is 18.5 Å². The Morgan fingerprint density at radius 3 is 2.57 bits per heavy atom. The van der Waals surface area contributed by atoms with E-state index in [9.17, 15) is 24.2 Å². The number of phosphoric ester groups is 1. The molecule has 0 saturated heterocycles. The van der Waals surface area contributed by atoms with E-state index in [0.717, 1.165) is 0 Å². The zero-order valence-electron chi connectivity index (χ0n) is 14.8. The Labute approximate surface area is 172 Å². The SMILES string of the molecule is Nc1nc(Cl)nc2c1ncn2[C@H]1[C@H](O)[C@H](O)[C@]2(COP(=O)(O)OP(=O)(O)O)C=C[C@H]12. The molecule has 2 aromatic rings. The highest BCUT2D eigenvalue weighted by Crippen LogP contribution is 2.62. The van der Waals surface area contributed by atoms with Gasteiger partial charge in [0.1, 0.15) is 11.6 Å². The van der Waals surface area contributed by atoms with Crippen LogP contribution in [0.5, 0.6) is 0 Å². The number of imidazole rings is 1. The number of nitrogen functional groups attached to an aromatic ring is 1. The molecule has 6 atom stereocenters. The first kappa shape index (κ1) is 21.8. The van der Waals surface area contributed by atoms with E-state index in [1.165, 1.54) is 17.0 Å². The summed E-state index contributed by atoms with van der Waals surface area (Å²) in [4.78, 5) is 38.9. The van der Waals surface area contributed by atoms with Crippen molar-refractivity contribution in [1.29, 1.82) is 0 Å². The van der Waals surface area contributed by atoms with E-state index in [4.69, 9.17) is 31.6 Å². The van der Waals surface area contributed by atoms with Gasteiger partial charge in [-0.3, -0.25) is 4.52 Å². The molecule has 30 heavy (non-hydrogen) atoms. The van der Waals surface area contributed by atoms with Gasteiger partial charge in [0.25, 0.3) is 0 Å². The van der Waals surface area contributed by atoms with E-state index in [2.05, 4.69) is 19.3 Å². The molecular formula is C13H16ClN5O9P2. The molecule has 14 nitrogen and oxygen atoms in total. The number of nitrogens with zero attached hydrogens (tertiary/aromatic N) is 4. The van der Waals surface area contributed by atoms with Crippen molar-refractivity contribution in [1.82, 2.24) is 19.5 Å². The molecular weight excluding hydrogens is 468 g/mol. The van der Waals surface area contributed by atoms with Crippen molar-refractivity contribution >= 4 is 44.2 Å². The van der Waals surface area contributed by atoms with Crippen molar-refractivity contribution < 1.29 is 42.9 Å². The molecule has 2 aliphatic carbocycles. The zero-order chi connectivity index (χ0) is 22.1. The van der Waals surface area contributed by atoms with Crippen LogP contribution in [-0.4, -0.2) is 63.2 Å². The monoisotopic (exact) mass is 483 g/mol. The topological polar surface area (TPSA) is 223 Å². The number of nitrogens with two attached hydrogens (primary N) is 1. The lowest BCUT2D eigenvalue weighted by Crippen LogP contribution is -2.44. The second kappa shape index (κ2) is 7.04. The second-order valence-corrected chi connectivity index (χ2v) is 10.1. The lowest BCUT2D eigenvalue weighted by molar-refractivity contribution is -0.0360. The van der Waals surface area contributed by atoms with Gasteiger partial charge in [-0.25, -0.2) is 14.1 Å². The Morgan fingerprint density at radius 2 is 1.97 bits per heavy atom. The minimum Gasteiger partial charge on any atom is -0.389 e. The van der Waals surface area contributed by atoms with Crippen LogP contribution in [0.2, 0.25) is 5.28 Å². The highest BCUT2D eigenvalue weighted by Gasteiger charge is 2.63. The number of aliphatic hydroxyl groups excluding tert-OH is 2. The Kier molecular flexibility index (Phi) is 5.11. The summed E-state index contributed by atoms with van der Waals surface area (Å²) >= 11 is 5.86. The molecule has 7 N–H and O–H groups in total. The van der Waals surface area contributed by atoms with Gasteiger partial charge in [-0.1, -0.05) is 12.2 Å². The van der Waals surface area contributed by atoms with Crippen LogP contribution in [0.3, 0.4) is 0 Å². The van der Waals surface area contributed by atoms with Crippen LogP contribution in [0.1, 0.15) is 6.04 Å². The van der Waals surface area contributed by atoms with Crippen LogP contribution >= 0.6 is 27.2 Å². The molecule has 4 rings (SSSR count). The average Bonchev–Trinajstić information content (AvgIpc) is 3.04. The van der Waals surface area contributed by atoms with Crippen molar-refractivity contribution in [3.8, 4) is 0 Å². The van der Waals surface area contributed by atoms with Gasteiger partial charge in [-0.2, -0.15) is 14.3 Å². The summed E-state index contributed by atoms with van der Waals surface area (Å²) in [5.41, 5.74) is 4.89. The average molecular weight is 484 g/mol. The summed E-state index contributed by atoms with van der Waals surface area (Å²) in [5, 5.41) is 21.2. The molecule has 2 heterocycles. The summed E-state index contributed by atoms with van der Waals surface area (Å²) in [6, 6.07) is -0.829. The predicted molar refractivity (Wildman–Crippen MR) is 99.8 cm³/mol. The molecule has 0 aliphatic heterocycles. The van der Waals surface area contributed by atoms with Gasteiger partial charge in [0, 0.05) is 11.3 Å². The quantitative estimate of drug-likeness (QED) is 0.177. The van der Waals surface area contributed by atoms with Crippen molar-refractivity contribution in [3.05, 3.63) is 23.8 Å². The summed E-state index contributed by atoms with van der Waals surface area (Å²) in [6.07, 6.45) is 1.60. The molecule has 0 aromatic carbocycles. The van der Waals surface area contributed by atoms with Gasteiger partial charge in [0.05, 0.1) is 25.1 Å². The molecule has 1 unspecified atom stereocenters. The maximum absolute atomic E-state index is 11.8. The first-order valence-electron chi connectivity index (χ1n) is 8.30. The standard InChI is InChI=1S/C13H16ClN5O9P2/c14-12-17-10(15)6-11(18-12)19(4-16-6)7-5-1-2-13(5,9(21)8(7)20)3-27-30(25,26)28-29(22,23)24/h1-2,4-5,7-9,20-21H,3H2,(H,25,26)(H2,15,17,18)(H2,22,23,24)/t5-,7-,8+,9+,13+/m1/s1. The van der Waals surface area contributed by atoms with Gasteiger partial charge in [-0.15, -0.1) is 0 Å². The van der Waals surface area contributed by atoms with Crippen LogP contribution < -0.4 is 5.73 Å². The third kappa shape index (κ3) is 3.49. The highest BCUT2D eigenvalue weighted by molar-refractivity contribution is 7.60. The number of anilines is 1. The van der Waals surface area contributed by atoms with Crippen LogP contribution in [0.4, 0.5) is 5.82 Å². The molecule has 0 bridgehead atoms. The van der Waals surface area contributed by atoms with Crippen LogP contribution in [0.25, 0.3) is 11.2 Å². The molecule has 1 fully saturated rings. The third-order valence-electron chi connectivity index (χ3n) is 5.26. The second-order valence-electron chi connectivity index (χ2n) is 6.94. The number of phosphoric acid groups is 2. The van der Waals surface area contributed by atoms with Gasteiger partial charge < -0.3 is 35.2 Å². The largest absolute Gasteiger partial charge is 0.481 e. The first-order chi connectivity index (χ1) is 13.8. The number of rotatable bonds is 6. The fourth-order valence-corrected chi connectivity index (χ4v) is 5.77. The van der Waals surface area contributed by atoms with E-state index in [1.807, 2.05) is 0 Å². The number of aromatic nitrogens is 4. The van der Waals surface area contributed by atoms with E-state index >= 15 is 0 Å². The van der Waals surface area contributed by atoms with Crippen molar-refractivity contribution in [2.45, 2.75) is 18.2 Å². The molecule has 2 aromatic heterocycles. The molecule has 0 amide bonds. The molecule has 1 saturated carbocycles. The molecule has 0 radical (unpaired) electrons. The molecule has 2 aliphatic rings. The van der Waals surface area contributed by atoms with Crippen LogP contribution in [0, 0.1) is 11.3 Å². The predicted octanol–water partition coefficient (Wildman–Crippen LogP) is -0.263. The Balaban J connectivity index is 1.65. The lowest BCUT2D eigenvalue weighted by Gasteiger charge is -2.41. The fraction of sp³-hybridized carbons (Fsp3) is 0.462. The summed E-state index contributed by atoms with van der Waals surface area (Å²) in [5.74, 6) is -0.601. The number of halogens is 1. The number of hydrogen-bond acceptors (Lipinski definition) is 10. The summed E-state index contributed by atoms with van der Waals surface area (Å²) in [6.45, 7) is -0.665. The van der Waals surface area contributed by atoms with E-state index < -0.39 is 51.8 Å². The van der Waals surface area contributed by atoms with Crippen molar-refractivity contribution in [2.24, 2.45) is 11.3 Å². The number of fused-ring (bicyclic) bond motifs is 2. The summed E-state index contributed by atoms with van der Waals surface area (Å²) < 4.78 is 32.5. The van der Waals surface area contributed by atoms with E-state index in [1.54, 1.807) is 6.08 Å². The van der Waals surface area contributed by atoms with Crippen LogP contribution in [-0.2, 0) is 18.0 Å². The minimum atomic E-state index is -5.30. The highest BCUT2D eigenvalue weighted by atomic mass is 35.5. The number of aliphatic hydroxyl groups is 2. The number of allylic oxidation sites excluding steroid dienone is 1. The molecule has 164 valence electrons. The van der Waals surface area contributed by atoms with E-state index in [0.29, 0.717) is 0 Å². The van der Waals surface area contributed by atoms with E-state index in [-0.39, 0.29) is 22.3 Å². The smallest absolute Gasteiger partial charge is 0.389 e. The van der Waals surface area contributed by atoms with Gasteiger partial charge in [0.15, 0.2) is 11.5 Å². The van der Waals surface area contributed by atoms with Gasteiger partial charge >= 0.3 is 15.6 Å². The lowest BCUT2D eigenvalue weighted by atomic mass is 9.68. The molecule has 17 heteroatoms. The Morgan fingerprint density at radius 1 is 1.27 bits per heavy atom. The Bertz CT molecular complexity index is 1140. The summed E-state index contributed by atoms with van der Waals surface area (Å²) in [7, 11) is -10.4. The first-order valence-corrected chi connectivity index (χ1v) is 11.7. The maximum Gasteiger partial charge on any atom is 0.481 e. The third-order valence-corrected chi connectivity index (χ3v) is 7.56. The fourth-order valence-electron chi connectivity index (χ4n) is 3.95. The maximum atomic E-state index is 11.8. The number of hydrogen-bond donors (Lipinski definition) is 6. The normalized spacial score (nSPS) is 32.7. The minimum absolute atomic E-state index is 0.0198. The Hall–Kier alpha value is -1.44. The van der Waals surface area contributed by atoms with Crippen molar-refractivity contribution in [2.75, 3.05) is 12.3 Å². The van der Waals surface area contributed by atoms with Gasteiger partial charge in [-0.05, 0) is 11.6 Å². The molecule has 0 spiro atoms. The van der Waals surface area contributed by atoms with Gasteiger partial charge in [0.2, 0.25) is 5.28 Å².